The number of likely N-dealkylation sites (tertiary alicyclic amines) is 1. The van der Waals surface area contributed by atoms with E-state index in [1.54, 1.807) is 36.4 Å². The summed E-state index contributed by atoms with van der Waals surface area (Å²) >= 11 is 11.8. The summed E-state index contributed by atoms with van der Waals surface area (Å²) < 4.78 is 5.75. The van der Waals surface area contributed by atoms with Gasteiger partial charge in [0, 0.05) is 13.0 Å². The van der Waals surface area contributed by atoms with Crippen molar-refractivity contribution in [2.24, 2.45) is 0 Å². The molecule has 2 atom stereocenters. The van der Waals surface area contributed by atoms with Crippen LogP contribution in [0.4, 0.5) is 4.79 Å². The maximum atomic E-state index is 13.5. The molecular formula is C22H23Cl2N5O7. The molecule has 5 N–H and O–H groups in total. The van der Waals surface area contributed by atoms with Crippen LogP contribution in [0.1, 0.15) is 24.5 Å². The van der Waals surface area contributed by atoms with Gasteiger partial charge in [-0.3, -0.25) is 19.6 Å². The lowest BCUT2D eigenvalue weighted by Gasteiger charge is -2.31. The first kappa shape index (κ1) is 27.0. The minimum atomic E-state index is -1.56. The second-order valence-electron chi connectivity index (χ2n) is 7.95. The summed E-state index contributed by atoms with van der Waals surface area (Å²) in [6.07, 6.45) is -1.30. The predicted octanol–water partition coefficient (Wildman–Crippen LogP) is 1.67. The number of carbonyl (C=O) groups is 4. The van der Waals surface area contributed by atoms with Crippen LogP contribution in [0.5, 0.6) is 5.75 Å². The molecule has 2 heterocycles. The number of ether oxygens (including phenoxy) is 1. The van der Waals surface area contributed by atoms with Gasteiger partial charge in [0.1, 0.15) is 40.8 Å². The van der Waals surface area contributed by atoms with Gasteiger partial charge < -0.3 is 25.4 Å². The summed E-state index contributed by atoms with van der Waals surface area (Å²) in [7, 11) is 0. The highest BCUT2D eigenvalue weighted by Crippen LogP contribution is 2.35. The van der Waals surface area contributed by atoms with Crippen molar-refractivity contribution in [2.75, 3.05) is 13.1 Å². The molecule has 0 spiro atoms. The van der Waals surface area contributed by atoms with E-state index in [-0.39, 0.29) is 29.9 Å². The molecule has 0 aliphatic carbocycles. The zero-order valence-electron chi connectivity index (χ0n) is 19.0. The minimum absolute atomic E-state index is 0.0991. The Balaban J connectivity index is 1.83. The number of hydrogen-bond donors (Lipinski definition) is 5. The van der Waals surface area contributed by atoms with Crippen LogP contribution in [0.15, 0.2) is 36.4 Å². The average Bonchev–Trinajstić information content (AvgIpc) is 3.16. The van der Waals surface area contributed by atoms with Gasteiger partial charge in [0.25, 0.3) is 11.8 Å². The van der Waals surface area contributed by atoms with Gasteiger partial charge in [-0.2, -0.15) is 0 Å². The first-order chi connectivity index (χ1) is 17.1. The first-order valence-corrected chi connectivity index (χ1v) is 11.4. The highest BCUT2D eigenvalue weighted by Gasteiger charge is 2.51. The number of hydrogen-bond acceptors (Lipinski definition) is 7. The molecule has 1 aromatic heterocycles. The number of benzene rings is 1. The Kier molecular flexibility index (Phi) is 8.56. The Morgan fingerprint density at radius 1 is 1.19 bits per heavy atom. The number of carbonyl (C=O) groups excluding carboxylic acids is 3. The third-order valence-corrected chi connectivity index (χ3v) is 6.03. The van der Waals surface area contributed by atoms with Crippen molar-refractivity contribution < 1.29 is 34.2 Å². The smallest absolute Gasteiger partial charge is 0.405 e. The molecule has 1 aliphatic rings. The van der Waals surface area contributed by atoms with Gasteiger partial charge in [0.15, 0.2) is 0 Å². The van der Waals surface area contributed by atoms with E-state index in [0.29, 0.717) is 16.9 Å². The summed E-state index contributed by atoms with van der Waals surface area (Å²) in [4.78, 5) is 53.7. The number of amides is 4. The van der Waals surface area contributed by atoms with Gasteiger partial charge in [-0.05, 0) is 42.3 Å². The largest absolute Gasteiger partial charge is 0.489 e. The van der Waals surface area contributed by atoms with Crippen LogP contribution in [0.2, 0.25) is 10.3 Å². The Morgan fingerprint density at radius 3 is 2.42 bits per heavy atom. The molecule has 2 aromatic rings. The second kappa shape index (κ2) is 11.4. The van der Waals surface area contributed by atoms with Crippen LogP contribution in [0.25, 0.3) is 0 Å². The van der Waals surface area contributed by atoms with Gasteiger partial charge >= 0.3 is 6.09 Å². The number of rotatable bonds is 9. The molecule has 192 valence electrons. The van der Waals surface area contributed by atoms with Crippen LogP contribution in [-0.2, 0) is 26.5 Å². The maximum absolute atomic E-state index is 13.5. The van der Waals surface area contributed by atoms with E-state index in [2.05, 4.69) is 10.3 Å². The Labute approximate surface area is 215 Å². The molecule has 36 heavy (non-hydrogen) atoms. The predicted molar refractivity (Wildman–Crippen MR) is 127 cm³/mol. The number of carboxylic acid groups (broad SMARTS) is 1. The van der Waals surface area contributed by atoms with Crippen molar-refractivity contribution >= 4 is 47.0 Å². The van der Waals surface area contributed by atoms with Crippen LogP contribution < -0.4 is 20.9 Å². The highest BCUT2D eigenvalue weighted by atomic mass is 35.5. The zero-order valence-corrected chi connectivity index (χ0v) is 20.5. The fraction of sp³-hybridized carbons (Fsp3) is 0.318. The van der Waals surface area contributed by atoms with Gasteiger partial charge in [-0.15, -0.1) is 0 Å². The number of hydroxylamine groups is 1. The van der Waals surface area contributed by atoms with Gasteiger partial charge in [-0.1, -0.05) is 35.3 Å². The van der Waals surface area contributed by atoms with Crippen LogP contribution >= 0.6 is 23.2 Å². The lowest BCUT2D eigenvalue weighted by Crippen LogP contribution is -2.55. The third-order valence-electron chi connectivity index (χ3n) is 5.64. The molecule has 2 unspecified atom stereocenters. The third kappa shape index (κ3) is 6.14. The Hall–Kier alpha value is -3.61. The summed E-state index contributed by atoms with van der Waals surface area (Å²) in [5.41, 5.74) is 1.04. The van der Waals surface area contributed by atoms with Crippen molar-refractivity contribution in [1.29, 1.82) is 0 Å². The molecule has 0 radical (unpaired) electrons. The number of nitrogens with zero attached hydrogens (tertiary/aromatic N) is 2. The standard InChI is InChI=1S/C22H23Cl2N5O7/c1-12(19(31)28-35)29-7-6-22(20(29)32,27-18(30)10-25-21(33)34)14-2-4-15(5-3-14)36-11-13-8-16(23)26-17(24)9-13/h2-5,8-9,12,25,35H,6-7,10-11H2,1H3,(H,27,30)(H,28,31)(H,33,34). The number of pyridine rings is 1. The average molecular weight is 540 g/mol. The minimum Gasteiger partial charge on any atom is -0.489 e. The lowest BCUT2D eigenvalue weighted by atomic mass is 9.87. The van der Waals surface area contributed by atoms with E-state index < -0.39 is 41.9 Å². The normalized spacial score (nSPS) is 17.9. The molecule has 1 aliphatic heterocycles. The van der Waals surface area contributed by atoms with E-state index in [1.807, 2.05) is 5.32 Å². The lowest BCUT2D eigenvalue weighted by molar-refractivity contribution is -0.145. The van der Waals surface area contributed by atoms with Gasteiger partial charge in [-0.25, -0.2) is 15.3 Å². The molecule has 4 amide bonds. The van der Waals surface area contributed by atoms with Gasteiger partial charge in [0.2, 0.25) is 5.91 Å². The van der Waals surface area contributed by atoms with Crippen LogP contribution in [0.3, 0.4) is 0 Å². The molecule has 1 saturated heterocycles. The SMILES string of the molecule is CC(C(=O)NO)N1CCC(NC(=O)CNC(=O)O)(c2ccc(OCc3cc(Cl)nc(Cl)c3)cc2)C1=O. The quantitative estimate of drug-likeness (QED) is 0.182. The van der Waals surface area contributed by atoms with Crippen molar-refractivity contribution in [3.63, 3.8) is 0 Å². The fourth-order valence-corrected chi connectivity index (χ4v) is 4.35. The van der Waals surface area contributed by atoms with E-state index in [0.717, 1.165) is 0 Å². The van der Waals surface area contributed by atoms with Gasteiger partial charge in [0.05, 0.1) is 0 Å². The number of nitrogens with one attached hydrogen (secondary N) is 3. The highest BCUT2D eigenvalue weighted by molar-refractivity contribution is 6.32. The number of halogens is 2. The van der Waals surface area contributed by atoms with E-state index in [4.69, 9.17) is 38.3 Å². The monoisotopic (exact) mass is 539 g/mol. The van der Waals surface area contributed by atoms with E-state index in [9.17, 15) is 19.2 Å². The molecule has 0 saturated carbocycles. The van der Waals surface area contributed by atoms with Crippen LogP contribution in [0, 0.1) is 0 Å². The Bertz CT molecular complexity index is 1140. The molecule has 1 aromatic carbocycles. The summed E-state index contributed by atoms with van der Waals surface area (Å²) in [5.74, 6) is -1.67. The van der Waals surface area contributed by atoms with E-state index in [1.165, 1.54) is 17.3 Å². The zero-order chi connectivity index (χ0) is 26.5. The van der Waals surface area contributed by atoms with Crippen LogP contribution in [-0.4, -0.2) is 63.1 Å². The van der Waals surface area contributed by atoms with E-state index >= 15 is 0 Å². The first-order valence-electron chi connectivity index (χ1n) is 10.6. The molecular weight excluding hydrogens is 517 g/mol. The van der Waals surface area contributed by atoms with Crippen molar-refractivity contribution in [3.8, 4) is 5.75 Å². The summed E-state index contributed by atoms with van der Waals surface area (Å²) in [5, 5.41) is 22.8. The second-order valence-corrected chi connectivity index (χ2v) is 8.72. The van der Waals surface area contributed by atoms with Crippen molar-refractivity contribution in [3.05, 3.63) is 57.8 Å². The van der Waals surface area contributed by atoms with Crippen molar-refractivity contribution in [1.82, 2.24) is 26.0 Å². The maximum Gasteiger partial charge on any atom is 0.405 e. The molecule has 14 heteroatoms. The fourth-order valence-electron chi connectivity index (χ4n) is 3.84. The summed E-state index contributed by atoms with van der Waals surface area (Å²) in [6, 6.07) is 8.57. The molecule has 3 rings (SSSR count). The topological polar surface area (TPSA) is 170 Å². The molecule has 1 fully saturated rings. The summed E-state index contributed by atoms with van der Waals surface area (Å²) in [6.45, 7) is 1.10. The molecule has 12 nitrogen and oxygen atoms in total. The number of aromatic nitrogens is 1. The molecule has 0 bridgehead atoms. The van der Waals surface area contributed by atoms with Crippen molar-refractivity contribution in [2.45, 2.75) is 31.5 Å². The Morgan fingerprint density at radius 2 is 1.83 bits per heavy atom.